The van der Waals surface area contributed by atoms with Crippen molar-refractivity contribution in [2.75, 3.05) is 99.9 Å². The van der Waals surface area contributed by atoms with Crippen molar-refractivity contribution in [3.63, 3.8) is 0 Å². The van der Waals surface area contributed by atoms with Crippen molar-refractivity contribution in [3.8, 4) is 0 Å². The molecule has 4 atom stereocenters. The van der Waals surface area contributed by atoms with Gasteiger partial charge in [-0.05, 0) is 187 Å². The molecule has 0 aromatic heterocycles. The lowest BCUT2D eigenvalue weighted by Crippen LogP contribution is -2.52. The van der Waals surface area contributed by atoms with Gasteiger partial charge in [0.05, 0.1) is 27.6 Å². The molecule has 10 fully saturated rings. The van der Waals surface area contributed by atoms with Gasteiger partial charge in [-0.3, -0.25) is 14.4 Å². The molecule has 1 spiro atoms. The number of hydrogen-bond acceptors (Lipinski definition) is 10. The summed E-state index contributed by atoms with van der Waals surface area (Å²) in [6.45, 7) is 55.2. The van der Waals surface area contributed by atoms with Gasteiger partial charge in [-0.1, -0.05) is 78.8 Å². The Morgan fingerprint density at radius 3 is 1.18 bits per heavy atom. The minimum Gasteiger partial charge on any atom is -0.373 e. The van der Waals surface area contributed by atoms with Crippen molar-refractivity contribution in [2.45, 2.75) is 165 Å². The predicted molar refractivity (Wildman–Crippen MR) is 356 cm³/mol. The number of carbonyl (C=O) groups is 3. The first-order chi connectivity index (χ1) is 39.0. The quantitative estimate of drug-likeness (QED) is 0.286. The molecule has 5 aliphatic carbocycles. The van der Waals surface area contributed by atoms with Crippen molar-refractivity contribution in [2.24, 2.45) is 74.9 Å². The number of fused-ring (bicyclic) bond motifs is 1. The van der Waals surface area contributed by atoms with Gasteiger partial charge in [0.15, 0.2) is 0 Å². The van der Waals surface area contributed by atoms with Crippen molar-refractivity contribution in [3.05, 3.63) is 98.4 Å². The Kier molecular flexibility index (Phi) is 20.3. The molecular weight excluding hydrogens is 1050 g/mol. The molecule has 1 unspecified atom stereocenters. The molecule has 1 aromatic carbocycles. The molecule has 476 valence electrons. The average Bonchev–Trinajstić information content (AvgIpc) is 1.81. The van der Waals surface area contributed by atoms with E-state index in [9.17, 15) is 14.4 Å². The van der Waals surface area contributed by atoms with E-state index in [2.05, 4.69) is 134 Å². The number of anilines is 2. The largest absolute Gasteiger partial charge is 0.373 e. The Bertz CT molecular complexity index is 2540. The van der Waals surface area contributed by atoms with E-state index >= 15 is 0 Å². The Morgan fingerprint density at radius 2 is 0.859 bits per heavy atom. The lowest BCUT2D eigenvalue weighted by molar-refractivity contribution is -0.143. The third kappa shape index (κ3) is 13.7. The molecule has 85 heavy (non-hydrogen) atoms. The Hall–Kier alpha value is -5.33. The number of amides is 3. The fourth-order valence-electron chi connectivity index (χ4n) is 17.5. The first kappa shape index (κ1) is 68.8. The van der Waals surface area contributed by atoms with Crippen LogP contribution in [-0.2, 0) is 14.4 Å². The van der Waals surface area contributed by atoms with E-state index in [1.54, 1.807) is 67.9 Å². The highest BCUT2D eigenvalue weighted by Crippen LogP contribution is 2.63. The van der Waals surface area contributed by atoms with E-state index in [0.29, 0.717) is 11.0 Å². The third-order valence-corrected chi connectivity index (χ3v) is 22.5. The smallest absolute Gasteiger partial charge is 0.235 e. The second-order valence-corrected chi connectivity index (χ2v) is 31.7. The van der Waals surface area contributed by atoms with E-state index in [0.717, 1.165) is 96.2 Å². The molecule has 11 aliphatic rings. The number of allylic oxidation sites excluding steroid dienone is 2. The molecule has 13 nitrogen and oxygen atoms in total. The van der Waals surface area contributed by atoms with Crippen molar-refractivity contribution < 1.29 is 14.4 Å². The van der Waals surface area contributed by atoms with Gasteiger partial charge in [-0.25, -0.2) is 0 Å². The number of rotatable bonds is 2. The van der Waals surface area contributed by atoms with Crippen LogP contribution in [0.5, 0.6) is 0 Å². The van der Waals surface area contributed by atoms with Gasteiger partial charge in [-0.15, -0.1) is 0 Å². The number of nitrogens with zero attached hydrogens (tertiary/aromatic N) is 10. The highest BCUT2D eigenvalue weighted by Gasteiger charge is 2.57. The van der Waals surface area contributed by atoms with Gasteiger partial charge in [0.25, 0.3) is 0 Å². The van der Waals surface area contributed by atoms with Gasteiger partial charge in [0, 0.05) is 124 Å². The van der Waals surface area contributed by atoms with E-state index in [1.807, 2.05) is 104 Å². The Labute approximate surface area is 518 Å². The molecule has 0 N–H and O–H groups in total. The minimum absolute atomic E-state index is 0.144. The van der Waals surface area contributed by atoms with Gasteiger partial charge < -0.3 is 49.0 Å². The maximum Gasteiger partial charge on any atom is 0.235 e. The summed E-state index contributed by atoms with van der Waals surface area (Å²) in [6.07, 6.45) is 14.5. The molecule has 4 bridgehead atoms. The summed E-state index contributed by atoms with van der Waals surface area (Å²) in [7, 11) is 19.7. The summed E-state index contributed by atoms with van der Waals surface area (Å²) in [6, 6.07) is 8.29. The van der Waals surface area contributed by atoms with Crippen LogP contribution >= 0.6 is 0 Å². The van der Waals surface area contributed by atoms with Crippen molar-refractivity contribution >= 4 is 29.1 Å². The number of para-hydroxylation sites is 2. The summed E-state index contributed by atoms with van der Waals surface area (Å²) in [5.41, 5.74) is 5.44. The van der Waals surface area contributed by atoms with Gasteiger partial charge in [0.2, 0.25) is 17.7 Å². The normalized spacial score (nSPS) is 31.9. The average molecular weight is 1170 g/mol. The van der Waals surface area contributed by atoms with Gasteiger partial charge >= 0.3 is 0 Å². The summed E-state index contributed by atoms with van der Waals surface area (Å²) < 4.78 is 0. The Balaban J connectivity index is 0.000000166. The van der Waals surface area contributed by atoms with Crippen LogP contribution in [0.4, 0.5) is 11.4 Å². The summed E-state index contributed by atoms with van der Waals surface area (Å²) in [4.78, 5) is 54.9. The molecule has 3 amide bonds. The topological polar surface area (TPSA) is 83.6 Å². The van der Waals surface area contributed by atoms with E-state index in [4.69, 9.17) is 0 Å². The second-order valence-electron chi connectivity index (χ2n) is 31.7. The Morgan fingerprint density at radius 1 is 0.482 bits per heavy atom. The lowest BCUT2D eigenvalue weighted by Gasteiger charge is -2.56. The monoisotopic (exact) mass is 1170 g/mol. The van der Waals surface area contributed by atoms with Crippen LogP contribution in [0.15, 0.2) is 98.4 Å². The van der Waals surface area contributed by atoms with E-state index in [1.165, 1.54) is 54.9 Å². The standard InChI is InChI=1S/C18H29N.C17H31N.C10H12N2.3C9H16N2O/c1-11-16(10-18(2,3)19(11)4)17-14-6-12-5-13(8-14)9-15(17)7-12;1-12(2)15-9-8-13(3)10-17(15)11-16(5,6)18(7)14(17)4;1-8-11(2)9-6-4-5-7-10(9)12(8)3;3*1-7-10(4)6-9(2,3)8(12)11(7)5/h12-17H,1,5-10H2,2-4H3;12-13,15H,4,8-11H2,1-3,5-7H3;4-7H,1H2,2-3H3;3*1,6H2,2-5H3/t;13-,15+,17+;;;;/m.1..../s1. The summed E-state index contributed by atoms with van der Waals surface area (Å²) >= 11 is 0. The van der Waals surface area contributed by atoms with Crippen molar-refractivity contribution in [1.29, 1.82) is 0 Å². The van der Waals surface area contributed by atoms with Gasteiger partial charge in [-0.2, -0.15) is 0 Å². The first-order valence-electron chi connectivity index (χ1n) is 32.1. The van der Waals surface area contributed by atoms with Crippen LogP contribution in [0.1, 0.15) is 154 Å². The third-order valence-electron chi connectivity index (χ3n) is 22.5. The fourth-order valence-corrected chi connectivity index (χ4v) is 17.5. The molecule has 5 saturated carbocycles. The van der Waals surface area contributed by atoms with Crippen LogP contribution in [0.25, 0.3) is 0 Å². The lowest BCUT2D eigenvalue weighted by atomic mass is 9.49. The maximum atomic E-state index is 11.6. The van der Waals surface area contributed by atoms with Crippen LogP contribution in [-0.4, -0.2) is 158 Å². The van der Waals surface area contributed by atoms with Crippen LogP contribution in [0.2, 0.25) is 0 Å². The zero-order valence-corrected chi connectivity index (χ0v) is 58.1. The SMILES string of the molecule is C=C1C(C2C3CC4CC(C3)CC2C4)CC(C)(C)N1C.C=C1N(C)C(C)(C)C[C@@]12C[C@H](C)CC[C@H]2C(C)C.C=C1N(C)CC(C)(C)C(=O)N1C.C=C1N(C)CC(C)(C)C(=O)N1C.C=C1N(C)CC(C)(C)C(=O)N1C.C=C1N(C)c2ccccc2N1C. The molecule has 6 aliphatic heterocycles. The minimum atomic E-state index is -0.287. The number of benzene rings is 1. The van der Waals surface area contributed by atoms with Crippen molar-refractivity contribution in [1.82, 2.24) is 39.2 Å². The van der Waals surface area contributed by atoms with Crippen LogP contribution in [0.3, 0.4) is 0 Å². The molecule has 0 radical (unpaired) electrons. The van der Waals surface area contributed by atoms with E-state index in [-0.39, 0.29) is 39.5 Å². The zero-order chi connectivity index (χ0) is 64.3. The van der Waals surface area contributed by atoms with E-state index < -0.39 is 0 Å². The molecule has 6 heterocycles. The van der Waals surface area contributed by atoms with Crippen LogP contribution in [0, 0.1) is 74.9 Å². The number of carbonyl (C=O) groups excluding carboxylic acids is 3. The predicted octanol–water partition coefficient (Wildman–Crippen LogP) is 13.7. The maximum absolute atomic E-state index is 11.6. The highest BCUT2D eigenvalue weighted by atomic mass is 16.2. The van der Waals surface area contributed by atoms with Gasteiger partial charge in [0.1, 0.15) is 23.3 Å². The highest BCUT2D eigenvalue weighted by molar-refractivity contribution is 5.85. The summed E-state index contributed by atoms with van der Waals surface area (Å²) in [5, 5.41) is 0. The first-order valence-corrected chi connectivity index (χ1v) is 32.1. The molecule has 12 rings (SSSR count). The second kappa shape index (κ2) is 25.0. The molecule has 5 saturated heterocycles. The van der Waals surface area contributed by atoms with Crippen LogP contribution < -0.4 is 9.80 Å². The molecule has 1 aromatic rings. The summed E-state index contributed by atoms with van der Waals surface area (Å²) in [5.74, 6) is 12.3. The fraction of sp³-hybridized carbons (Fsp3) is 0.708. The molecule has 13 heteroatoms. The molecular formula is C72H120N10O3. The number of hydrogen-bond donors (Lipinski definition) is 0. The number of likely N-dealkylation sites (tertiary alicyclic amines) is 2. The zero-order valence-electron chi connectivity index (χ0n) is 58.1.